The molecule has 11 heteroatoms. The minimum atomic E-state index is -0.629. The second-order valence-electron chi connectivity index (χ2n) is 7.62. The van der Waals surface area contributed by atoms with Crippen LogP contribution in [0.25, 0.3) is 22.1 Å². The second kappa shape index (κ2) is 7.34. The van der Waals surface area contributed by atoms with E-state index in [4.69, 9.17) is 25.8 Å². The molecule has 0 aliphatic carbocycles. The van der Waals surface area contributed by atoms with Gasteiger partial charge in [-0.2, -0.15) is 10.1 Å². The molecule has 4 N–H and O–H groups in total. The first-order valence-corrected chi connectivity index (χ1v) is 10.3. The Morgan fingerprint density at radius 1 is 1.19 bits per heavy atom. The third-order valence-electron chi connectivity index (χ3n) is 5.62. The summed E-state index contributed by atoms with van der Waals surface area (Å²) in [6.07, 6.45) is -1.67. The first-order chi connectivity index (χ1) is 15.2. The summed E-state index contributed by atoms with van der Waals surface area (Å²) < 4.78 is 17.1. The molecule has 0 saturated carbocycles. The fourth-order valence-electron chi connectivity index (χ4n) is 4.08. The number of aliphatic hydroxyl groups excluding tert-OH is 1. The molecule has 2 saturated heterocycles. The highest BCUT2D eigenvalue weighted by Gasteiger charge is 2.48. The van der Waals surface area contributed by atoms with Crippen molar-refractivity contribution in [1.82, 2.24) is 25.1 Å². The first kappa shape index (κ1) is 18.8. The minimum Gasteiger partial charge on any atom is -0.456 e. The molecule has 1 aromatic carbocycles. The number of imidazole rings is 1. The van der Waals surface area contributed by atoms with Crippen LogP contribution in [0.5, 0.6) is 6.01 Å². The van der Waals surface area contributed by atoms with Crippen molar-refractivity contribution in [2.24, 2.45) is 0 Å². The molecule has 3 aromatic heterocycles. The van der Waals surface area contributed by atoms with E-state index in [1.807, 2.05) is 24.3 Å². The fourth-order valence-corrected chi connectivity index (χ4v) is 4.30. The van der Waals surface area contributed by atoms with Gasteiger partial charge in [-0.1, -0.05) is 29.8 Å². The molecule has 160 valence electrons. The molecule has 0 amide bonds. The van der Waals surface area contributed by atoms with Gasteiger partial charge in [-0.3, -0.25) is 5.10 Å². The number of benzene rings is 1. The Kier molecular flexibility index (Phi) is 4.46. The molecule has 31 heavy (non-hydrogen) atoms. The molecule has 5 heterocycles. The molecule has 6 rings (SSSR count). The van der Waals surface area contributed by atoms with E-state index in [-0.39, 0.29) is 24.9 Å². The number of fused-ring (bicyclic) bond motifs is 3. The molecule has 2 aliphatic rings. The van der Waals surface area contributed by atoms with Crippen LogP contribution in [-0.2, 0) is 16.0 Å². The number of H-pyrrole nitrogens is 2. The summed E-state index contributed by atoms with van der Waals surface area (Å²) in [7, 11) is 0. The number of nitrogens with zero attached hydrogens (tertiary/aromatic N) is 3. The average Bonchev–Trinajstić information content (AvgIpc) is 3.52. The van der Waals surface area contributed by atoms with Gasteiger partial charge in [0.15, 0.2) is 11.8 Å². The summed E-state index contributed by atoms with van der Waals surface area (Å²) in [4.78, 5) is 12.0. The van der Waals surface area contributed by atoms with Gasteiger partial charge in [0, 0.05) is 5.39 Å². The monoisotopic (exact) mass is 442 g/mol. The first-order valence-electron chi connectivity index (χ1n) is 9.96. The third kappa shape index (κ3) is 3.28. The van der Waals surface area contributed by atoms with E-state index in [1.54, 1.807) is 6.07 Å². The number of halogens is 1. The number of anilines is 1. The van der Waals surface area contributed by atoms with Crippen molar-refractivity contribution in [2.75, 3.05) is 18.5 Å². The van der Waals surface area contributed by atoms with Gasteiger partial charge < -0.3 is 29.6 Å². The Morgan fingerprint density at radius 3 is 3.00 bits per heavy atom. The van der Waals surface area contributed by atoms with Crippen LogP contribution in [0.2, 0.25) is 5.02 Å². The lowest BCUT2D eigenvalue weighted by Crippen LogP contribution is -2.34. The summed E-state index contributed by atoms with van der Waals surface area (Å²) in [6.45, 7) is 1.05. The zero-order valence-corrected chi connectivity index (χ0v) is 17.0. The van der Waals surface area contributed by atoms with E-state index in [9.17, 15) is 5.11 Å². The molecule has 0 spiro atoms. The minimum absolute atomic E-state index is 0.243. The molecule has 0 unspecified atom stereocenters. The summed E-state index contributed by atoms with van der Waals surface area (Å²) in [5.41, 5.74) is 2.97. The van der Waals surface area contributed by atoms with Gasteiger partial charge in [0.2, 0.25) is 0 Å². The predicted molar refractivity (Wildman–Crippen MR) is 112 cm³/mol. The van der Waals surface area contributed by atoms with Crippen molar-refractivity contribution in [3.05, 3.63) is 41.0 Å². The van der Waals surface area contributed by atoms with Crippen molar-refractivity contribution in [3.8, 4) is 6.01 Å². The highest BCUT2D eigenvalue weighted by molar-refractivity contribution is 6.33. The summed E-state index contributed by atoms with van der Waals surface area (Å²) in [6, 6.07) is 9.93. The molecule has 2 aliphatic heterocycles. The van der Waals surface area contributed by atoms with Crippen molar-refractivity contribution in [1.29, 1.82) is 0 Å². The number of para-hydroxylation sites is 1. The van der Waals surface area contributed by atoms with Gasteiger partial charge in [0.1, 0.15) is 24.1 Å². The highest BCUT2D eigenvalue weighted by Crippen LogP contribution is 2.31. The second-order valence-corrected chi connectivity index (χ2v) is 8.03. The summed E-state index contributed by atoms with van der Waals surface area (Å²) in [5, 5.41) is 21.9. The Morgan fingerprint density at radius 2 is 2.06 bits per heavy atom. The van der Waals surface area contributed by atoms with Crippen LogP contribution in [0.1, 0.15) is 5.69 Å². The van der Waals surface area contributed by atoms with Gasteiger partial charge >= 0.3 is 0 Å². The van der Waals surface area contributed by atoms with Gasteiger partial charge in [-0.05, 0) is 12.1 Å². The van der Waals surface area contributed by atoms with Gasteiger partial charge in [0.05, 0.1) is 41.5 Å². The Bertz CT molecular complexity index is 1260. The standard InChI is InChI=1S/C20H19ClN6O4/c21-10-5-12-19(24-18(10)22-6-13-9-3-1-2-4-11(9)26-27-13)25-20(23-12)31-15-8-30-16-14(28)7-29-17(15)16/h1-5,14-17,28H,6-8H2,(H,26,27)(H2,22,23,24,25)/t14-,15-,16-,17-/m1/s1. The van der Waals surface area contributed by atoms with Crippen LogP contribution in [-0.4, -0.2) is 67.9 Å². The van der Waals surface area contributed by atoms with Gasteiger partial charge in [-0.15, -0.1) is 0 Å². The molecule has 2 fully saturated rings. The number of hydrogen-bond donors (Lipinski definition) is 4. The van der Waals surface area contributed by atoms with E-state index < -0.39 is 6.10 Å². The molecule has 4 aromatic rings. The van der Waals surface area contributed by atoms with Crippen molar-refractivity contribution in [3.63, 3.8) is 0 Å². The lowest BCUT2D eigenvalue weighted by atomic mass is 10.1. The average molecular weight is 443 g/mol. The number of aromatic nitrogens is 5. The smallest absolute Gasteiger partial charge is 0.296 e. The number of ether oxygens (including phenoxy) is 3. The van der Waals surface area contributed by atoms with Crippen LogP contribution < -0.4 is 10.1 Å². The summed E-state index contributed by atoms with van der Waals surface area (Å²) in [5.74, 6) is 0.511. The van der Waals surface area contributed by atoms with Crippen LogP contribution in [0, 0.1) is 0 Å². The van der Waals surface area contributed by atoms with E-state index in [0.717, 1.165) is 16.6 Å². The van der Waals surface area contributed by atoms with Crippen molar-refractivity contribution < 1.29 is 19.3 Å². The molecule has 10 nitrogen and oxygen atoms in total. The van der Waals surface area contributed by atoms with E-state index in [2.05, 4.69) is 30.5 Å². The molecular weight excluding hydrogens is 424 g/mol. The maximum atomic E-state index is 9.87. The number of rotatable bonds is 5. The van der Waals surface area contributed by atoms with E-state index >= 15 is 0 Å². The van der Waals surface area contributed by atoms with Gasteiger partial charge in [-0.25, -0.2) is 4.98 Å². The Hall–Kier alpha value is -2.92. The van der Waals surface area contributed by atoms with Gasteiger partial charge in [0.25, 0.3) is 6.01 Å². The summed E-state index contributed by atoms with van der Waals surface area (Å²) >= 11 is 6.42. The van der Waals surface area contributed by atoms with Crippen LogP contribution >= 0.6 is 11.6 Å². The normalized spacial score (nSPS) is 25.4. The number of nitrogens with one attached hydrogen (secondary N) is 3. The third-order valence-corrected chi connectivity index (χ3v) is 5.91. The molecule has 0 bridgehead atoms. The quantitative estimate of drug-likeness (QED) is 0.369. The Labute approximate surface area is 180 Å². The number of aromatic amines is 2. The predicted octanol–water partition coefficient (Wildman–Crippen LogP) is 2.01. The lowest BCUT2D eigenvalue weighted by molar-refractivity contribution is 0.00706. The topological polar surface area (TPSA) is 130 Å². The maximum Gasteiger partial charge on any atom is 0.296 e. The van der Waals surface area contributed by atoms with Crippen LogP contribution in [0.4, 0.5) is 5.82 Å². The molecule has 4 atom stereocenters. The van der Waals surface area contributed by atoms with E-state index in [0.29, 0.717) is 41.2 Å². The largest absolute Gasteiger partial charge is 0.456 e. The number of pyridine rings is 1. The SMILES string of the molecule is O[C@@H]1CO[C@H]2[C@@H]1OC[C@H]2Oc1nc2nc(NCc3[nH]nc4ccccc34)c(Cl)cc2[nH]1. The zero-order valence-electron chi connectivity index (χ0n) is 16.2. The maximum absolute atomic E-state index is 9.87. The van der Waals surface area contributed by atoms with E-state index in [1.165, 1.54) is 0 Å². The Balaban J connectivity index is 1.20. The number of hydrogen-bond acceptors (Lipinski definition) is 8. The van der Waals surface area contributed by atoms with Crippen molar-refractivity contribution >= 4 is 39.5 Å². The molecule has 0 radical (unpaired) electrons. The van der Waals surface area contributed by atoms with Crippen LogP contribution in [0.3, 0.4) is 0 Å². The van der Waals surface area contributed by atoms with Crippen molar-refractivity contribution in [2.45, 2.75) is 31.0 Å². The fraction of sp³-hybridized carbons (Fsp3) is 0.350. The number of aliphatic hydroxyl groups is 1. The van der Waals surface area contributed by atoms with Crippen LogP contribution in [0.15, 0.2) is 30.3 Å². The molecular formula is C20H19ClN6O4. The zero-order chi connectivity index (χ0) is 20.9. The highest BCUT2D eigenvalue weighted by atomic mass is 35.5. The lowest BCUT2D eigenvalue weighted by Gasteiger charge is -2.15.